The van der Waals surface area contributed by atoms with Crippen molar-refractivity contribution in [2.24, 2.45) is 5.73 Å². The third-order valence-electron chi connectivity index (χ3n) is 2.20. The number of halogens is 1. The van der Waals surface area contributed by atoms with Crippen molar-refractivity contribution >= 4 is 28.6 Å². The monoisotopic (exact) mass is 247 g/mol. The van der Waals surface area contributed by atoms with Crippen LogP contribution in [0.3, 0.4) is 0 Å². The highest BCUT2D eigenvalue weighted by Gasteiger charge is 2.10. The van der Waals surface area contributed by atoms with Crippen LogP contribution in [-0.2, 0) is 0 Å². The van der Waals surface area contributed by atoms with E-state index in [0.29, 0.717) is 5.69 Å². The molecule has 86 valence electrons. The summed E-state index contributed by atoms with van der Waals surface area (Å²) in [5, 5.41) is 3.02. The summed E-state index contributed by atoms with van der Waals surface area (Å²) in [5.41, 5.74) is 7.00. The van der Waals surface area contributed by atoms with E-state index in [-0.39, 0.29) is 10.6 Å². The van der Waals surface area contributed by atoms with Gasteiger partial charge in [0.2, 0.25) is 0 Å². The quantitative estimate of drug-likeness (QED) is 0.819. The molecule has 2 rings (SSSR count). The Balaban J connectivity index is 2.40. The second kappa shape index (κ2) is 4.88. The van der Waals surface area contributed by atoms with E-state index >= 15 is 0 Å². The maximum absolute atomic E-state index is 13.6. The van der Waals surface area contributed by atoms with Crippen LogP contribution in [0.1, 0.15) is 5.56 Å². The Hall–Kier alpha value is -2.01. The molecule has 0 atom stereocenters. The molecular formula is C12H10FN3S. The molecule has 0 aliphatic heterocycles. The highest BCUT2D eigenvalue weighted by Crippen LogP contribution is 2.22. The highest BCUT2D eigenvalue weighted by atomic mass is 32.1. The molecule has 1 aromatic carbocycles. The normalized spacial score (nSPS) is 9.94. The van der Waals surface area contributed by atoms with E-state index in [1.807, 2.05) is 6.07 Å². The van der Waals surface area contributed by atoms with Crippen LogP contribution >= 0.6 is 12.2 Å². The first kappa shape index (κ1) is 11.5. The first-order chi connectivity index (χ1) is 8.18. The Morgan fingerprint density at radius 2 is 2.12 bits per heavy atom. The van der Waals surface area contributed by atoms with Crippen molar-refractivity contribution in [3.05, 3.63) is 54.1 Å². The molecule has 0 unspecified atom stereocenters. The van der Waals surface area contributed by atoms with Gasteiger partial charge in [-0.3, -0.25) is 4.98 Å². The van der Waals surface area contributed by atoms with Gasteiger partial charge in [-0.25, -0.2) is 4.39 Å². The molecule has 1 heterocycles. The van der Waals surface area contributed by atoms with E-state index in [1.165, 1.54) is 6.07 Å². The Morgan fingerprint density at radius 1 is 1.29 bits per heavy atom. The first-order valence-corrected chi connectivity index (χ1v) is 5.34. The fourth-order valence-corrected chi connectivity index (χ4v) is 1.68. The first-order valence-electron chi connectivity index (χ1n) is 4.94. The number of thiocarbonyl (C=S) groups is 1. The van der Waals surface area contributed by atoms with E-state index in [0.717, 1.165) is 5.69 Å². The molecule has 2 aromatic rings. The topological polar surface area (TPSA) is 50.9 Å². The molecule has 0 amide bonds. The largest absolute Gasteiger partial charge is 0.389 e. The highest BCUT2D eigenvalue weighted by molar-refractivity contribution is 7.80. The van der Waals surface area contributed by atoms with Crippen molar-refractivity contribution in [1.29, 1.82) is 0 Å². The number of hydrogen-bond donors (Lipinski definition) is 2. The van der Waals surface area contributed by atoms with Crippen LogP contribution in [0.15, 0.2) is 42.7 Å². The lowest BCUT2D eigenvalue weighted by Gasteiger charge is -2.11. The summed E-state index contributed by atoms with van der Waals surface area (Å²) in [4.78, 5) is 3.98. The molecule has 17 heavy (non-hydrogen) atoms. The molecule has 0 bridgehead atoms. The molecule has 1 aromatic heterocycles. The van der Waals surface area contributed by atoms with E-state index in [2.05, 4.69) is 10.3 Å². The molecule has 0 aliphatic carbocycles. The van der Waals surface area contributed by atoms with Crippen LogP contribution in [0.25, 0.3) is 0 Å². The molecule has 0 radical (unpaired) electrons. The van der Waals surface area contributed by atoms with E-state index < -0.39 is 5.82 Å². The number of anilines is 2. The average Bonchev–Trinajstić information content (AvgIpc) is 2.30. The van der Waals surface area contributed by atoms with Gasteiger partial charge >= 0.3 is 0 Å². The van der Waals surface area contributed by atoms with E-state index in [1.54, 1.807) is 30.6 Å². The molecule has 5 heteroatoms. The second-order valence-corrected chi connectivity index (χ2v) is 3.83. The van der Waals surface area contributed by atoms with Gasteiger partial charge in [-0.2, -0.15) is 0 Å². The molecule has 0 saturated carbocycles. The molecular weight excluding hydrogens is 237 g/mol. The fraction of sp³-hybridized carbons (Fsp3) is 0. The average molecular weight is 247 g/mol. The van der Waals surface area contributed by atoms with Gasteiger partial charge in [0.15, 0.2) is 0 Å². The maximum Gasteiger partial charge on any atom is 0.135 e. The zero-order valence-electron chi connectivity index (χ0n) is 8.85. The van der Waals surface area contributed by atoms with Gasteiger partial charge in [0, 0.05) is 6.20 Å². The lowest BCUT2D eigenvalue weighted by Crippen LogP contribution is -2.14. The van der Waals surface area contributed by atoms with Gasteiger partial charge in [0.25, 0.3) is 0 Å². The Morgan fingerprint density at radius 3 is 2.76 bits per heavy atom. The third kappa shape index (κ3) is 2.57. The summed E-state index contributed by atoms with van der Waals surface area (Å²) in [6.45, 7) is 0. The zero-order valence-corrected chi connectivity index (χ0v) is 9.67. The van der Waals surface area contributed by atoms with Crippen LogP contribution in [0.2, 0.25) is 0 Å². The number of aromatic nitrogens is 1. The Kier molecular flexibility index (Phi) is 3.30. The standard InChI is InChI=1S/C12H10FN3S/c13-9-4-1-5-10(11(9)12(14)17)16-8-3-2-6-15-7-8/h1-7,16H,(H2,14,17). The predicted octanol–water partition coefficient (Wildman–Crippen LogP) is 2.60. The third-order valence-corrected chi connectivity index (χ3v) is 2.40. The molecule has 0 fully saturated rings. The van der Waals surface area contributed by atoms with Crippen LogP contribution in [0, 0.1) is 5.82 Å². The van der Waals surface area contributed by atoms with Crippen molar-refractivity contribution < 1.29 is 4.39 Å². The van der Waals surface area contributed by atoms with Gasteiger partial charge in [0.05, 0.1) is 23.1 Å². The van der Waals surface area contributed by atoms with Crippen LogP contribution in [0.4, 0.5) is 15.8 Å². The number of hydrogen-bond acceptors (Lipinski definition) is 3. The number of nitrogens with two attached hydrogens (primary N) is 1. The summed E-state index contributed by atoms with van der Waals surface area (Å²) in [6, 6.07) is 8.23. The van der Waals surface area contributed by atoms with Crippen molar-refractivity contribution in [2.75, 3.05) is 5.32 Å². The molecule has 0 spiro atoms. The maximum atomic E-state index is 13.6. The summed E-state index contributed by atoms with van der Waals surface area (Å²) in [7, 11) is 0. The number of benzene rings is 1. The van der Waals surface area contributed by atoms with Crippen LogP contribution < -0.4 is 11.1 Å². The zero-order chi connectivity index (χ0) is 12.3. The van der Waals surface area contributed by atoms with Gasteiger partial charge < -0.3 is 11.1 Å². The van der Waals surface area contributed by atoms with Crippen LogP contribution in [-0.4, -0.2) is 9.97 Å². The smallest absolute Gasteiger partial charge is 0.135 e. The Bertz CT molecular complexity index is 543. The minimum Gasteiger partial charge on any atom is -0.389 e. The number of nitrogens with one attached hydrogen (secondary N) is 1. The van der Waals surface area contributed by atoms with Crippen LogP contribution in [0.5, 0.6) is 0 Å². The molecule has 0 aliphatic rings. The minimum atomic E-state index is -0.439. The number of nitrogens with zero attached hydrogens (tertiary/aromatic N) is 1. The van der Waals surface area contributed by atoms with E-state index in [4.69, 9.17) is 18.0 Å². The lowest BCUT2D eigenvalue weighted by molar-refractivity contribution is 0.626. The summed E-state index contributed by atoms with van der Waals surface area (Å²) in [6.07, 6.45) is 3.29. The van der Waals surface area contributed by atoms with Gasteiger partial charge in [0.1, 0.15) is 10.8 Å². The second-order valence-electron chi connectivity index (χ2n) is 3.39. The Labute approximate surface area is 103 Å². The SMILES string of the molecule is NC(=S)c1c(F)cccc1Nc1cccnc1. The summed E-state index contributed by atoms with van der Waals surface area (Å²) < 4.78 is 13.6. The van der Waals surface area contributed by atoms with Gasteiger partial charge in [-0.05, 0) is 24.3 Å². The summed E-state index contributed by atoms with van der Waals surface area (Å²) in [5.74, 6) is -0.439. The minimum absolute atomic E-state index is 0.0227. The fourth-order valence-electron chi connectivity index (χ4n) is 1.47. The van der Waals surface area contributed by atoms with Crippen molar-refractivity contribution in [3.8, 4) is 0 Å². The number of pyridine rings is 1. The predicted molar refractivity (Wildman–Crippen MR) is 69.8 cm³/mol. The summed E-state index contributed by atoms with van der Waals surface area (Å²) >= 11 is 4.84. The molecule has 0 saturated heterocycles. The lowest BCUT2D eigenvalue weighted by atomic mass is 10.1. The molecule has 3 N–H and O–H groups in total. The van der Waals surface area contributed by atoms with E-state index in [9.17, 15) is 4.39 Å². The molecule has 3 nitrogen and oxygen atoms in total. The van der Waals surface area contributed by atoms with Gasteiger partial charge in [-0.1, -0.05) is 18.3 Å². The van der Waals surface area contributed by atoms with Gasteiger partial charge in [-0.15, -0.1) is 0 Å². The number of rotatable bonds is 3. The van der Waals surface area contributed by atoms with Crippen molar-refractivity contribution in [1.82, 2.24) is 4.98 Å². The van der Waals surface area contributed by atoms with Crippen molar-refractivity contribution in [3.63, 3.8) is 0 Å². The van der Waals surface area contributed by atoms with Crippen molar-refractivity contribution in [2.45, 2.75) is 0 Å².